The molecule has 0 atom stereocenters. The summed E-state index contributed by atoms with van der Waals surface area (Å²) in [5, 5.41) is 1.04. The number of aldehydes is 1. The molecule has 0 saturated carbocycles. The highest BCUT2D eigenvalue weighted by atomic mass is 35.5. The first-order chi connectivity index (χ1) is 8.70. The van der Waals surface area contributed by atoms with Crippen LogP contribution in [0, 0.1) is 0 Å². The average molecular weight is 282 g/mol. The van der Waals surface area contributed by atoms with Gasteiger partial charge in [0.1, 0.15) is 4.88 Å². The van der Waals surface area contributed by atoms with Crippen molar-refractivity contribution >= 4 is 34.4 Å². The van der Waals surface area contributed by atoms with Crippen LogP contribution < -0.4 is 4.90 Å². The first kappa shape index (κ1) is 13.0. The number of anilines is 1. The first-order valence-corrected chi connectivity index (χ1v) is 6.61. The van der Waals surface area contributed by atoms with E-state index in [1.165, 1.54) is 16.9 Å². The highest BCUT2D eigenvalue weighted by Crippen LogP contribution is 2.27. The second kappa shape index (κ2) is 5.93. The van der Waals surface area contributed by atoms with Gasteiger partial charge in [-0.3, -0.25) is 9.78 Å². The van der Waals surface area contributed by atoms with Crippen molar-refractivity contribution in [1.29, 1.82) is 0 Å². The van der Waals surface area contributed by atoms with Crippen molar-refractivity contribution in [2.45, 2.75) is 6.42 Å². The lowest BCUT2D eigenvalue weighted by Gasteiger charge is -2.15. The lowest BCUT2D eigenvalue weighted by molar-refractivity contribution is 0.112. The summed E-state index contributed by atoms with van der Waals surface area (Å²) >= 11 is 7.14. The number of carbonyl (C=O) groups is 1. The summed E-state index contributed by atoms with van der Waals surface area (Å²) in [5.74, 6) is 0. The van der Waals surface area contributed by atoms with Crippen molar-refractivity contribution in [2.75, 3.05) is 18.5 Å². The SMILES string of the molecule is CN(CCc1ccncc1)c1nc(Cl)c(C=O)s1. The van der Waals surface area contributed by atoms with E-state index in [4.69, 9.17) is 11.6 Å². The summed E-state index contributed by atoms with van der Waals surface area (Å²) in [6, 6.07) is 3.97. The predicted octanol–water partition coefficient (Wildman–Crippen LogP) is 2.68. The molecule has 0 aliphatic heterocycles. The van der Waals surface area contributed by atoms with E-state index in [-0.39, 0.29) is 5.15 Å². The molecular weight excluding hydrogens is 270 g/mol. The second-order valence-electron chi connectivity index (χ2n) is 3.80. The van der Waals surface area contributed by atoms with Crippen molar-refractivity contribution in [3.8, 4) is 0 Å². The Bertz CT molecular complexity index is 529. The maximum atomic E-state index is 10.7. The highest BCUT2D eigenvalue weighted by molar-refractivity contribution is 7.17. The number of hydrogen-bond donors (Lipinski definition) is 0. The summed E-state index contributed by atoms with van der Waals surface area (Å²) in [5.41, 5.74) is 1.22. The number of likely N-dealkylation sites (N-methyl/N-ethyl adjacent to an activating group) is 1. The van der Waals surface area contributed by atoms with E-state index in [1.54, 1.807) is 12.4 Å². The molecule has 0 amide bonds. The molecule has 0 unspecified atom stereocenters. The van der Waals surface area contributed by atoms with Gasteiger partial charge in [0, 0.05) is 26.0 Å². The van der Waals surface area contributed by atoms with Crippen LogP contribution in [0.25, 0.3) is 0 Å². The van der Waals surface area contributed by atoms with Crippen LogP contribution in [0.15, 0.2) is 24.5 Å². The zero-order chi connectivity index (χ0) is 13.0. The van der Waals surface area contributed by atoms with Crippen molar-refractivity contribution in [1.82, 2.24) is 9.97 Å². The maximum Gasteiger partial charge on any atom is 0.187 e. The molecule has 0 spiro atoms. The Morgan fingerprint density at radius 3 is 2.78 bits per heavy atom. The van der Waals surface area contributed by atoms with Crippen LogP contribution in [0.2, 0.25) is 5.15 Å². The molecule has 0 aromatic carbocycles. The number of halogens is 1. The highest BCUT2D eigenvalue weighted by Gasteiger charge is 2.11. The Labute approximate surface area is 114 Å². The number of pyridine rings is 1. The zero-order valence-corrected chi connectivity index (χ0v) is 11.4. The lowest BCUT2D eigenvalue weighted by Crippen LogP contribution is -2.19. The zero-order valence-electron chi connectivity index (χ0n) is 9.84. The van der Waals surface area contributed by atoms with Crippen LogP contribution in [0.4, 0.5) is 5.13 Å². The van der Waals surface area contributed by atoms with Crippen LogP contribution >= 0.6 is 22.9 Å². The monoisotopic (exact) mass is 281 g/mol. The minimum Gasteiger partial charge on any atom is -0.351 e. The number of rotatable bonds is 5. The Kier molecular flexibility index (Phi) is 4.28. The molecule has 4 nitrogen and oxygen atoms in total. The van der Waals surface area contributed by atoms with Crippen molar-refractivity contribution in [3.63, 3.8) is 0 Å². The third kappa shape index (κ3) is 3.05. The van der Waals surface area contributed by atoms with Crippen LogP contribution in [-0.2, 0) is 6.42 Å². The summed E-state index contributed by atoms with van der Waals surface area (Å²) in [7, 11) is 1.94. The van der Waals surface area contributed by atoms with Crippen LogP contribution in [-0.4, -0.2) is 29.8 Å². The molecule has 0 fully saturated rings. The molecule has 0 saturated heterocycles. The minimum atomic E-state index is 0.278. The van der Waals surface area contributed by atoms with Gasteiger partial charge < -0.3 is 4.90 Å². The maximum absolute atomic E-state index is 10.7. The van der Waals surface area contributed by atoms with Gasteiger partial charge in [-0.15, -0.1) is 0 Å². The van der Waals surface area contributed by atoms with Gasteiger partial charge in [0.2, 0.25) is 0 Å². The lowest BCUT2D eigenvalue weighted by atomic mass is 10.2. The Morgan fingerprint density at radius 2 is 2.17 bits per heavy atom. The second-order valence-corrected chi connectivity index (χ2v) is 5.16. The molecule has 0 aliphatic carbocycles. The van der Waals surface area contributed by atoms with E-state index in [1.807, 2.05) is 24.1 Å². The Hall–Kier alpha value is -1.46. The summed E-state index contributed by atoms with van der Waals surface area (Å²) in [6.45, 7) is 0.812. The fraction of sp³-hybridized carbons (Fsp3) is 0.250. The van der Waals surface area contributed by atoms with E-state index in [0.717, 1.165) is 24.4 Å². The summed E-state index contributed by atoms with van der Waals surface area (Å²) < 4.78 is 0. The molecule has 2 rings (SSSR count). The normalized spacial score (nSPS) is 10.3. The summed E-state index contributed by atoms with van der Waals surface area (Å²) in [6.07, 6.45) is 5.19. The van der Waals surface area contributed by atoms with Gasteiger partial charge in [0.15, 0.2) is 16.6 Å². The quantitative estimate of drug-likeness (QED) is 0.791. The van der Waals surface area contributed by atoms with Crippen molar-refractivity contribution in [2.24, 2.45) is 0 Å². The first-order valence-electron chi connectivity index (χ1n) is 5.42. The largest absolute Gasteiger partial charge is 0.351 e. The number of nitrogens with zero attached hydrogens (tertiary/aromatic N) is 3. The van der Waals surface area contributed by atoms with Gasteiger partial charge in [0.25, 0.3) is 0 Å². The standard InChI is InChI=1S/C12H12ClN3OS/c1-16(7-4-9-2-5-14-6-3-9)12-15-11(13)10(8-17)18-12/h2-3,5-6,8H,4,7H2,1H3. The summed E-state index contributed by atoms with van der Waals surface area (Å²) in [4.78, 5) is 21.3. The molecule has 94 valence electrons. The molecule has 2 aromatic rings. The van der Waals surface area contributed by atoms with Crippen molar-refractivity contribution in [3.05, 3.63) is 40.1 Å². The third-order valence-electron chi connectivity index (χ3n) is 2.52. The minimum absolute atomic E-state index is 0.278. The van der Waals surface area contributed by atoms with Gasteiger partial charge in [-0.25, -0.2) is 4.98 Å². The van der Waals surface area contributed by atoms with Gasteiger partial charge in [0.05, 0.1) is 0 Å². The molecule has 0 bridgehead atoms. The fourth-order valence-electron chi connectivity index (χ4n) is 1.48. The molecule has 0 N–H and O–H groups in total. The molecular formula is C12H12ClN3OS. The molecule has 2 heterocycles. The van der Waals surface area contributed by atoms with E-state index >= 15 is 0 Å². The van der Waals surface area contributed by atoms with Crippen LogP contribution in [0.1, 0.15) is 15.2 Å². The fourth-order valence-corrected chi connectivity index (χ4v) is 2.53. The molecule has 2 aromatic heterocycles. The van der Waals surface area contributed by atoms with E-state index in [0.29, 0.717) is 4.88 Å². The number of thiazole rings is 1. The Balaban J connectivity index is 1.99. The van der Waals surface area contributed by atoms with Crippen molar-refractivity contribution < 1.29 is 4.79 Å². The molecule has 18 heavy (non-hydrogen) atoms. The number of hydrogen-bond acceptors (Lipinski definition) is 5. The number of aromatic nitrogens is 2. The van der Waals surface area contributed by atoms with Crippen LogP contribution in [0.3, 0.4) is 0 Å². The Morgan fingerprint density at radius 1 is 1.44 bits per heavy atom. The van der Waals surface area contributed by atoms with Gasteiger partial charge in [-0.2, -0.15) is 0 Å². The van der Waals surface area contributed by atoms with Crippen LogP contribution in [0.5, 0.6) is 0 Å². The van der Waals surface area contributed by atoms with Gasteiger partial charge in [-0.05, 0) is 24.1 Å². The molecule has 6 heteroatoms. The third-order valence-corrected chi connectivity index (χ3v) is 4.01. The molecule has 0 aliphatic rings. The average Bonchev–Trinajstić information content (AvgIpc) is 2.78. The van der Waals surface area contributed by atoms with E-state index < -0.39 is 0 Å². The van der Waals surface area contributed by atoms with Gasteiger partial charge >= 0.3 is 0 Å². The molecule has 0 radical (unpaired) electrons. The smallest absolute Gasteiger partial charge is 0.187 e. The van der Waals surface area contributed by atoms with Gasteiger partial charge in [-0.1, -0.05) is 22.9 Å². The van der Waals surface area contributed by atoms with E-state index in [2.05, 4.69) is 9.97 Å². The van der Waals surface area contributed by atoms with E-state index in [9.17, 15) is 4.79 Å². The topological polar surface area (TPSA) is 46.1 Å². The number of carbonyl (C=O) groups excluding carboxylic acids is 1. The predicted molar refractivity (Wildman–Crippen MR) is 73.7 cm³/mol.